The van der Waals surface area contributed by atoms with Crippen LogP contribution in [0.4, 0.5) is 5.69 Å². The minimum absolute atomic E-state index is 0.121. The molecular weight excluding hydrogens is 438 g/mol. The molecule has 7 nitrogen and oxygen atoms in total. The number of methoxy groups -OCH3 is 3. The molecule has 0 bridgehead atoms. The van der Waals surface area contributed by atoms with Gasteiger partial charge in [0.05, 0.1) is 33.4 Å². The molecule has 1 aromatic heterocycles. The van der Waals surface area contributed by atoms with Gasteiger partial charge in [-0.15, -0.1) is 11.3 Å². The zero-order valence-electron chi connectivity index (χ0n) is 19.2. The third-order valence-corrected chi connectivity index (χ3v) is 6.74. The predicted octanol–water partition coefficient (Wildman–Crippen LogP) is 4.12. The van der Waals surface area contributed by atoms with Crippen LogP contribution in [-0.2, 0) is 11.2 Å². The molecule has 0 radical (unpaired) electrons. The minimum atomic E-state index is 0.121. The van der Waals surface area contributed by atoms with Gasteiger partial charge in [0.2, 0.25) is 5.91 Å². The fourth-order valence-corrected chi connectivity index (χ4v) is 4.79. The van der Waals surface area contributed by atoms with Crippen molar-refractivity contribution in [1.82, 2.24) is 9.88 Å². The molecule has 0 saturated carbocycles. The van der Waals surface area contributed by atoms with Crippen LogP contribution in [0.5, 0.6) is 17.2 Å². The van der Waals surface area contributed by atoms with Gasteiger partial charge in [0.1, 0.15) is 10.8 Å². The zero-order valence-corrected chi connectivity index (χ0v) is 20.1. The number of hydrogen-bond acceptors (Lipinski definition) is 7. The standard InChI is InChI=1S/C25H29N3O4S/c1-30-21-8-6-20(7-9-21)27-11-4-12-28(14-13-27)24(29)16-19-17-33-25(26-19)18-5-10-22(31-2)23(15-18)32-3/h5-10,15,17H,4,11-14,16H2,1-3H3. The van der Waals surface area contributed by atoms with Gasteiger partial charge < -0.3 is 24.0 Å². The first kappa shape index (κ1) is 22.9. The number of anilines is 1. The lowest BCUT2D eigenvalue weighted by atomic mass is 10.2. The second-order valence-electron chi connectivity index (χ2n) is 7.81. The van der Waals surface area contributed by atoms with E-state index in [1.54, 1.807) is 21.3 Å². The molecule has 33 heavy (non-hydrogen) atoms. The van der Waals surface area contributed by atoms with E-state index >= 15 is 0 Å². The highest BCUT2D eigenvalue weighted by Crippen LogP contribution is 2.33. The van der Waals surface area contributed by atoms with Crippen molar-refractivity contribution in [2.24, 2.45) is 0 Å². The largest absolute Gasteiger partial charge is 0.497 e. The Labute approximate surface area is 198 Å². The van der Waals surface area contributed by atoms with Crippen molar-refractivity contribution in [3.63, 3.8) is 0 Å². The van der Waals surface area contributed by atoms with E-state index < -0.39 is 0 Å². The van der Waals surface area contributed by atoms with E-state index in [1.165, 1.54) is 11.3 Å². The molecule has 2 heterocycles. The molecule has 0 atom stereocenters. The Bertz CT molecular complexity index is 1080. The van der Waals surface area contributed by atoms with Crippen LogP contribution in [0.3, 0.4) is 0 Å². The van der Waals surface area contributed by atoms with E-state index in [0.717, 1.165) is 53.8 Å². The smallest absolute Gasteiger partial charge is 0.228 e. The fourth-order valence-electron chi connectivity index (χ4n) is 3.97. The molecule has 1 fully saturated rings. The Morgan fingerprint density at radius 1 is 0.939 bits per heavy atom. The molecule has 1 amide bonds. The molecule has 8 heteroatoms. The summed E-state index contributed by atoms with van der Waals surface area (Å²) in [7, 11) is 4.90. The third kappa shape index (κ3) is 5.39. The number of amides is 1. The Balaban J connectivity index is 1.37. The van der Waals surface area contributed by atoms with Gasteiger partial charge in [-0.25, -0.2) is 4.98 Å². The van der Waals surface area contributed by atoms with Crippen LogP contribution in [0, 0.1) is 0 Å². The lowest BCUT2D eigenvalue weighted by Gasteiger charge is -2.23. The van der Waals surface area contributed by atoms with Gasteiger partial charge >= 0.3 is 0 Å². The van der Waals surface area contributed by atoms with Gasteiger partial charge in [-0.05, 0) is 48.9 Å². The second-order valence-corrected chi connectivity index (χ2v) is 8.67. The molecule has 0 spiro atoms. The van der Waals surface area contributed by atoms with Crippen LogP contribution >= 0.6 is 11.3 Å². The maximum Gasteiger partial charge on any atom is 0.228 e. The maximum atomic E-state index is 13.0. The number of rotatable bonds is 7. The SMILES string of the molecule is COc1ccc(N2CCCN(C(=O)Cc3csc(-c4ccc(OC)c(OC)c4)n3)CC2)cc1. The van der Waals surface area contributed by atoms with Crippen LogP contribution in [0.15, 0.2) is 47.8 Å². The van der Waals surface area contributed by atoms with Crippen molar-refractivity contribution in [2.75, 3.05) is 52.4 Å². The molecule has 4 rings (SSSR count). The molecule has 2 aromatic carbocycles. The lowest BCUT2D eigenvalue weighted by Crippen LogP contribution is -2.36. The average Bonchev–Trinajstić information content (AvgIpc) is 3.18. The molecular formula is C25H29N3O4S. The lowest BCUT2D eigenvalue weighted by molar-refractivity contribution is -0.130. The van der Waals surface area contributed by atoms with Crippen molar-refractivity contribution in [2.45, 2.75) is 12.8 Å². The average molecular weight is 468 g/mol. The number of carbonyl (C=O) groups excluding carboxylic acids is 1. The summed E-state index contributed by atoms with van der Waals surface area (Å²) in [6.45, 7) is 3.21. The molecule has 1 saturated heterocycles. The first-order valence-electron chi connectivity index (χ1n) is 10.9. The first-order valence-corrected chi connectivity index (χ1v) is 11.8. The fraction of sp³-hybridized carbons (Fsp3) is 0.360. The van der Waals surface area contributed by atoms with Gasteiger partial charge in [0.25, 0.3) is 0 Å². The molecule has 1 aliphatic heterocycles. The minimum Gasteiger partial charge on any atom is -0.497 e. The highest BCUT2D eigenvalue weighted by atomic mass is 32.1. The second kappa shape index (κ2) is 10.6. The summed E-state index contributed by atoms with van der Waals surface area (Å²) in [5, 5.41) is 2.83. The monoisotopic (exact) mass is 467 g/mol. The number of carbonyl (C=O) groups is 1. The van der Waals surface area contributed by atoms with E-state index in [2.05, 4.69) is 17.0 Å². The first-order chi connectivity index (χ1) is 16.1. The van der Waals surface area contributed by atoms with E-state index in [9.17, 15) is 4.79 Å². The summed E-state index contributed by atoms with van der Waals surface area (Å²) >= 11 is 1.53. The molecule has 0 N–H and O–H groups in total. The van der Waals surface area contributed by atoms with Gasteiger partial charge in [-0.1, -0.05) is 0 Å². The van der Waals surface area contributed by atoms with Crippen molar-refractivity contribution in [3.8, 4) is 27.8 Å². The number of aromatic nitrogens is 1. The molecule has 0 unspecified atom stereocenters. The van der Waals surface area contributed by atoms with Crippen molar-refractivity contribution in [3.05, 3.63) is 53.5 Å². The Hall–Kier alpha value is -3.26. The number of nitrogens with zero attached hydrogens (tertiary/aromatic N) is 3. The molecule has 3 aromatic rings. The Morgan fingerprint density at radius 3 is 2.45 bits per heavy atom. The third-order valence-electron chi connectivity index (χ3n) is 5.80. The molecule has 174 valence electrons. The number of thiazole rings is 1. The van der Waals surface area contributed by atoms with E-state index in [1.807, 2.05) is 40.6 Å². The Kier molecular flexibility index (Phi) is 7.34. The van der Waals surface area contributed by atoms with E-state index in [-0.39, 0.29) is 5.91 Å². The topological polar surface area (TPSA) is 64.1 Å². The van der Waals surface area contributed by atoms with Gasteiger partial charge in [-0.2, -0.15) is 0 Å². The van der Waals surface area contributed by atoms with Gasteiger partial charge in [0, 0.05) is 42.8 Å². The quantitative estimate of drug-likeness (QED) is 0.521. The van der Waals surface area contributed by atoms with E-state index in [4.69, 9.17) is 19.2 Å². The van der Waals surface area contributed by atoms with Crippen molar-refractivity contribution >= 4 is 22.9 Å². The summed E-state index contributed by atoms with van der Waals surface area (Å²) in [5.74, 6) is 2.31. The summed E-state index contributed by atoms with van der Waals surface area (Å²) < 4.78 is 16.0. The summed E-state index contributed by atoms with van der Waals surface area (Å²) in [4.78, 5) is 22.0. The van der Waals surface area contributed by atoms with Crippen molar-refractivity contribution in [1.29, 1.82) is 0 Å². The molecule has 0 aliphatic carbocycles. The van der Waals surface area contributed by atoms with Crippen LogP contribution in [0.25, 0.3) is 10.6 Å². The highest BCUT2D eigenvalue weighted by molar-refractivity contribution is 7.13. The maximum absolute atomic E-state index is 13.0. The van der Waals surface area contributed by atoms with Crippen LogP contribution in [0.2, 0.25) is 0 Å². The number of ether oxygens (including phenoxy) is 3. The number of benzene rings is 2. The van der Waals surface area contributed by atoms with Crippen LogP contribution < -0.4 is 19.1 Å². The van der Waals surface area contributed by atoms with Gasteiger partial charge in [-0.3, -0.25) is 4.79 Å². The summed E-state index contributed by atoms with van der Waals surface area (Å²) in [5.41, 5.74) is 2.90. The predicted molar refractivity (Wildman–Crippen MR) is 131 cm³/mol. The van der Waals surface area contributed by atoms with Crippen LogP contribution in [-0.4, -0.2) is 63.3 Å². The zero-order chi connectivity index (χ0) is 23.2. The number of hydrogen-bond donors (Lipinski definition) is 0. The summed E-state index contributed by atoms with van der Waals surface area (Å²) in [6, 6.07) is 13.8. The van der Waals surface area contributed by atoms with E-state index in [0.29, 0.717) is 24.5 Å². The summed E-state index contributed by atoms with van der Waals surface area (Å²) in [6.07, 6.45) is 1.25. The van der Waals surface area contributed by atoms with Gasteiger partial charge in [0.15, 0.2) is 11.5 Å². The molecule has 1 aliphatic rings. The normalized spacial score (nSPS) is 14.0. The highest BCUT2D eigenvalue weighted by Gasteiger charge is 2.21. The van der Waals surface area contributed by atoms with Crippen molar-refractivity contribution < 1.29 is 19.0 Å². The Morgan fingerprint density at radius 2 is 1.73 bits per heavy atom. The van der Waals surface area contributed by atoms with Crippen LogP contribution in [0.1, 0.15) is 12.1 Å².